The molecule has 0 heterocycles. The van der Waals surface area contributed by atoms with Crippen molar-refractivity contribution < 1.29 is 14.3 Å². The summed E-state index contributed by atoms with van der Waals surface area (Å²) in [6.07, 6.45) is 0. The molecule has 0 rings (SSSR count). The van der Waals surface area contributed by atoms with E-state index in [-0.39, 0.29) is 5.54 Å². The van der Waals surface area contributed by atoms with Crippen LogP contribution in [0.3, 0.4) is 0 Å². The zero-order valence-corrected chi connectivity index (χ0v) is 13.8. The van der Waals surface area contributed by atoms with Crippen molar-refractivity contribution in [3.63, 3.8) is 0 Å². The Hall–Kier alpha value is -0.136. The van der Waals surface area contributed by atoms with E-state index in [9.17, 15) is 9.90 Å². The zero-order valence-electron chi connectivity index (χ0n) is 11.8. The van der Waals surface area contributed by atoms with Crippen LogP contribution in [-0.2, 0) is 9.22 Å². The van der Waals surface area contributed by atoms with E-state index in [0.29, 0.717) is 0 Å². The quantitative estimate of drug-likeness (QED) is 0.772. The molecule has 0 aliphatic heterocycles. The van der Waals surface area contributed by atoms with Gasteiger partial charge in [0.05, 0.1) is 8.07 Å². The Morgan fingerprint density at radius 2 is 1.56 bits per heavy atom. The molecule has 16 heavy (non-hydrogen) atoms. The second kappa shape index (κ2) is 4.62. The molecule has 0 amide bonds. The number of rotatable bonds is 5. The maximum Gasteiger partial charge on any atom is 0.334 e. The number of hydrogen-bond donors (Lipinski definition) is 1. The molecule has 0 spiro atoms. The fourth-order valence-corrected chi connectivity index (χ4v) is 5.27. The summed E-state index contributed by atoms with van der Waals surface area (Å²) in [6, 6.07) is 0. The fourth-order valence-electron chi connectivity index (χ4n) is 1.78. The molecule has 96 valence electrons. The number of carboxylic acids is 1. The van der Waals surface area contributed by atoms with Crippen LogP contribution in [0.25, 0.3) is 0 Å². The van der Waals surface area contributed by atoms with Crippen LogP contribution in [-0.4, -0.2) is 33.1 Å². The van der Waals surface area contributed by atoms with Gasteiger partial charge in [0.2, 0.25) is 0 Å². The van der Waals surface area contributed by atoms with Crippen LogP contribution in [0.2, 0.25) is 44.8 Å². The minimum Gasteiger partial charge on any atom is -0.479 e. The van der Waals surface area contributed by atoms with Crippen molar-refractivity contribution in [3.8, 4) is 0 Å². The standard InChI is InChI=1S/C11H26O3Si2/c1-9(15(3,4)5)11(2,10(12)13)14-16(6,7)8/h9H,1-8H3,(H,12,13). The lowest BCUT2D eigenvalue weighted by molar-refractivity contribution is -0.154. The Kier molecular flexibility index (Phi) is 4.58. The normalized spacial score (nSPS) is 19.0. The molecule has 3 nitrogen and oxygen atoms in total. The number of carboxylic acid groups (broad SMARTS) is 1. The average molecular weight is 262 g/mol. The molecule has 0 aliphatic rings. The molecule has 0 radical (unpaired) electrons. The molecule has 1 N–H and O–H groups in total. The highest BCUT2D eigenvalue weighted by Crippen LogP contribution is 2.37. The van der Waals surface area contributed by atoms with Gasteiger partial charge in [-0.15, -0.1) is 0 Å². The summed E-state index contributed by atoms with van der Waals surface area (Å²) in [5.74, 6) is -0.829. The fraction of sp³-hybridized carbons (Fsp3) is 0.909. The molecular weight excluding hydrogens is 236 g/mol. The van der Waals surface area contributed by atoms with E-state index in [0.717, 1.165) is 0 Å². The van der Waals surface area contributed by atoms with E-state index in [2.05, 4.69) is 19.6 Å². The molecule has 0 bridgehead atoms. The lowest BCUT2D eigenvalue weighted by Gasteiger charge is -2.42. The molecule has 0 aliphatic carbocycles. The predicted molar refractivity (Wildman–Crippen MR) is 73.2 cm³/mol. The Labute approximate surface area is 101 Å². The van der Waals surface area contributed by atoms with E-state index in [4.69, 9.17) is 4.43 Å². The minimum atomic E-state index is -1.86. The van der Waals surface area contributed by atoms with Crippen molar-refractivity contribution >= 4 is 22.4 Å². The first-order chi connectivity index (χ1) is 6.81. The summed E-state index contributed by atoms with van der Waals surface area (Å²) >= 11 is 0. The molecule has 0 aromatic carbocycles. The summed E-state index contributed by atoms with van der Waals surface area (Å²) in [6.45, 7) is 16.4. The molecule has 0 aromatic rings. The zero-order chi connectivity index (χ0) is 13.4. The molecule has 0 saturated carbocycles. The second-order valence-corrected chi connectivity index (χ2v) is 16.7. The average Bonchev–Trinajstić information content (AvgIpc) is 1.97. The third-order valence-corrected chi connectivity index (χ3v) is 7.25. The van der Waals surface area contributed by atoms with Crippen molar-refractivity contribution in [1.29, 1.82) is 0 Å². The third-order valence-electron chi connectivity index (χ3n) is 3.07. The van der Waals surface area contributed by atoms with E-state index < -0.39 is 28.0 Å². The van der Waals surface area contributed by atoms with Gasteiger partial charge < -0.3 is 9.53 Å². The van der Waals surface area contributed by atoms with Gasteiger partial charge in [-0.3, -0.25) is 0 Å². The topological polar surface area (TPSA) is 46.5 Å². The second-order valence-electron chi connectivity index (χ2n) is 6.71. The SMILES string of the molecule is CC(C(C)(O[Si](C)(C)C)C(=O)O)[Si](C)(C)C. The highest BCUT2D eigenvalue weighted by Gasteiger charge is 2.48. The molecule has 0 fully saturated rings. The van der Waals surface area contributed by atoms with Crippen molar-refractivity contribution in [2.24, 2.45) is 0 Å². The molecule has 2 atom stereocenters. The molecule has 0 aromatic heterocycles. The predicted octanol–water partition coefficient (Wildman–Crippen LogP) is 3.41. The van der Waals surface area contributed by atoms with Crippen molar-refractivity contribution in [2.45, 2.75) is 64.3 Å². The first kappa shape index (κ1) is 15.9. The van der Waals surface area contributed by atoms with Crippen molar-refractivity contribution in [2.75, 3.05) is 0 Å². The molecule has 2 unspecified atom stereocenters. The summed E-state index contributed by atoms with van der Waals surface area (Å²) in [5.41, 5.74) is -0.946. The highest BCUT2D eigenvalue weighted by atomic mass is 28.4. The van der Waals surface area contributed by atoms with Gasteiger partial charge in [-0.25, -0.2) is 4.79 Å². The van der Waals surface area contributed by atoms with E-state index in [1.165, 1.54) is 0 Å². The van der Waals surface area contributed by atoms with Crippen LogP contribution in [0.5, 0.6) is 0 Å². The van der Waals surface area contributed by atoms with Gasteiger partial charge in [-0.05, 0) is 32.1 Å². The Balaban J connectivity index is 5.21. The third kappa shape index (κ3) is 4.03. The number of carbonyl (C=O) groups is 1. The van der Waals surface area contributed by atoms with Gasteiger partial charge in [0.25, 0.3) is 0 Å². The van der Waals surface area contributed by atoms with Gasteiger partial charge in [0.15, 0.2) is 13.9 Å². The summed E-state index contributed by atoms with van der Waals surface area (Å²) in [7, 11) is -3.40. The molecule has 5 heteroatoms. The van der Waals surface area contributed by atoms with E-state index in [1.807, 2.05) is 26.6 Å². The van der Waals surface area contributed by atoms with Gasteiger partial charge >= 0.3 is 5.97 Å². The number of aliphatic carboxylic acids is 1. The van der Waals surface area contributed by atoms with Gasteiger partial charge in [0.1, 0.15) is 0 Å². The Morgan fingerprint density at radius 1 is 1.19 bits per heavy atom. The molecule has 0 saturated heterocycles. The summed E-state index contributed by atoms with van der Waals surface area (Å²) in [5, 5.41) is 9.45. The first-order valence-electron chi connectivity index (χ1n) is 5.74. The van der Waals surface area contributed by atoms with E-state index in [1.54, 1.807) is 6.92 Å². The maximum absolute atomic E-state index is 11.5. The molecular formula is C11H26O3Si2. The van der Waals surface area contributed by atoms with Crippen molar-refractivity contribution in [1.82, 2.24) is 0 Å². The maximum atomic E-state index is 11.5. The number of hydrogen-bond acceptors (Lipinski definition) is 2. The lowest BCUT2D eigenvalue weighted by Crippen LogP contribution is -2.54. The van der Waals surface area contributed by atoms with E-state index >= 15 is 0 Å². The largest absolute Gasteiger partial charge is 0.479 e. The Morgan fingerprint density at radius 3 is 1.75 bits per heavy atom. The highest BCUT2D eigenvalue weighted by molar-refractivity contribution is 6.78. The van der Waals surface area contributed by atoms with Crippen LogP contribution in [0, 0.1) is 0 Å². The monoisotopic (exact) mass is 262 g/mol. The Bertz CT molecular complexity index is 265. The van der Waals surface area contributed by atoms with Crippen LogP contribution in [0.4, 0.5) is 0 Å². The summed E-state index contributed by atoms with van der Waals surface area (Å²) in [4.78, 5) is 11.5. The van der Waals surface area contributed by atoms with Crippen molar-refractivity contribution in [3.05, 3.63) is 0 Å². The van der Waals surface area contributed by atoms with Crippen LogP contribution in [0.15, 0.2) is 0 Å². The van der Waals surface area contributed by atoms with Crippen LogP contribution in [0.1, 0.15) is 13.8 Å². The van der Waals surface area contributed by atoms with Gasteiger partial charge in [-0.1, -0.05) is 26.6 Å². The summed E-state index contributed by atoms with van der Waals surface area (Å²) < 4.78 is 5.95. The smallest absolute Gasteiger partial charge is 0.334 e. The minimum absolute atomic E-state index is 0.0872. The van der Waals surface area contributed by atoms with Crippen LogP contribution < -0.4 is 0 Å². The van der Waals surface area contributed by atoms with Gasteiger partial charge in [0, 0.05) is 0 Å². The van der Waals surface area contributed by atoms with Crippen LogP contribution >= 0.6 is 0 Å². The van der Waals surface area contributed by atoms with Gasteiger partial charge in [-0.2, -0.15) is 0 Å². The lowest BCUT2D eigenvalue weighted by atomic mass is 10.0. The first-order valence-corrected chi connectivity index (χ1v) is 12.7.